The highest BCUT2D eigenvalue weighted by Gasteiger charge is 2.36. The number of hydrogen-bond acceptors (Lipinski definition) is 3. The predicted molar refractivity (Wildman–Crippen MR) is 42.5 cm³/mol. The quantitative estimate of drug-likeness (QED) is 0.511. The summed E-state index contributed by atoms with van der Waals surface area (Å²) >= 11 is 0. The van der Waals surface area contributed by atoms with Crippen molar-refractivity contribution in [3.05, 3.63) is 0 Å². The second-order valence-electron chi connectivity index (χ2n) is 3.57. The normalized spacial score (nSPS) is 18.6. The van der Waals surface area contributed by atoms with Crippen LogP contribution in [-0.4, -0.2) is 23.8 Å². The Balaban J connectivity index is 4.28. The van der Waals surface area contributed by atoms with Crippen molar-refractivity contribution in [3.63, 3.8) is 0 Å². The smallest absolute Gasteiger partial charge is 0.0804 e. The highest BCUT2D eigenvalue weighted by atomic mass is 16.3. The van der Waals surface area contributed by atoms with E-state index < -0.39 is 5.60 Å². The fraction of sp³-hybridized carbons (Fsp3) is 1.00. The maximum absolute atomic E-state index is 9.65. The van der Waals surface area contributed by atoms with Gasteiger partial charge in [-0.15, -0.1) is 0 Å². The Kier molecular flexibility index (Phi) is 2.83. The molecule has 1 atom stereocenters. The summed E-state index contributed by atoms with van der Waals surface area (Å²) in [5.41, 5.74) is 9.65. The maximum atomic E-state index is 9.65. The number of aliphatic hydroxyl groups is 1. The molecule has 0 spiro atoms. The molecule has 0 aliphatic heterocycles. The summed E-state index contributed by atoms with van der Waals surface area (Å²) in [4.78, 5) is 0. The van der Waals surface area contributed by atoms with Gasteiger partial charge >= 0.3 is 0 Å². The van der Waals surface area contributed by atoms with Crippen molar-refractivity contribution in [1.82, 2.24) is 0 Å². The third kappa shape index (κ3) is 1.68. The third-order valence-electron chi connectivity index (χ3n) is 2.37. The molecule has 0 aromatic rings. The van der Waals surface area contributed by atoms with Gasteiger partial charge in [-0.25, -0.2) is 0 Å². The zero-order chi connectivity index (χ0) is 8.41. The lowest BCUT2D eigenvalue weighted by atomic mass is 9.76. The van der Waals surface area contributed by atoms with Gasteiger partial charge in [0.15, 0.2) is 0 Å². The first-order chi connectivity index (χ1) is 4.37. The summed E-state index contributed by atoms with van der Waals surface area (Å²) in [6, 6.07) is 0. The average molecular weight is 146 g/mol. The van der Waals surface area contributed by atoms with Crippen molar-refractivity contribution < 1.29 is 5.11 Å². The first kappa shape index (κ1) is 9.88. The SMILES string of the molecule is CC(C)(CN)C(C)(O)CN. The Hall–Kier alpha value is -0.120. The minimum atomic E-state index is -0.859. The van der Waals surface area contributed by atoms with E-state index in [1.807, 2.05) is 13.8 Å². The van der Waals surface area contributed by atoms with Crippen molar-refractivity contribution in [2.75, 3.05) is 13.1 Å². The van der Waals surface area contributed by atoms with Crippen LogP contribution in [0.5, 0.6) is 0 Å². The van der Waals surface area contributed by atoms with E-state index in [2.05, 4.69) is 0 Å². The average Bonchev–Trinajstić information content (AvgIpc) is 1.88. The molecule has 0 amide bonds. The van der Waals surface area contributed by atoms with Gasteiger partial charge in [0.05, 0.1) is 5.60 Å². The summed E-state index contributed by atoms with van der Waals surface area (Å²) in [5.74, 6) is 0. The fourth-order valence-corrected chi connectivity index (χ4v) is 0.496. The molecule has 5 N–H and O–H groups in total. The van der Waals surface area contributed by atoms with Crippen LogP contribution < -0.4 is 11.5 Å². The predicted octanol–water partition coefficient (Wildman–Crippen LogP) is -0.319. The van der Waals surface area contributed by atoms with Crippen LogP contribution in [0.2, 0.25) is 0 Å². The lowest BCUT2D eigenvalue weighted by molar-refractivity contribution is -0.0377. The van der Waals surface area contributed by atoms with E-state index in [1.54, 1.807) is 6.92 Å². The number of nitrogens with two attached hydrogens (primary N) is 2. The minimum Gasteiger partial charge on any atom is -0.388 e. The standard InChI is InChI=1S/C7H18N2O/c1-6(2,4-8)7(3,10)5-9/h10H,4-5,8-9H2,1-3H3. The maximum Gasteiger partial charge on any atom is 0.0804 e. The third-order valence-corrected chi connectivity index (χ3v) is 2.37. The van der Waals surface area contributed by atoms with E-state index in [9.17, 15) is 5.11 Å². The van der Waals surface area contributed by atoms with Gasteiger partial charge in [0.1, 0.15) is 0 Å². The topological polar surface area (TPSA) is 72.3 Å². The van der Waals surface area contributed by atoms with Gasteiger partial charge in [-0.2, -0.15) is 0 Å². The van der Waals surface area contributed by atoms with E-state index in [1.165, 1.54) is 0 Å². The lowest BCUT2D eigenvalue weighted by Gasteiger charge is -2.38. The van der Waals surface area contributed by atoms with Gasteiger partial charge < -0.3 is 16.6 Å². The van der Waals surface area contributed by atoms with E-state index in [-0.39, 0.29) is 12.0 Å². The second kappa shape index (κ2) is 2.86. The van der Waals surface area contributed by atoms with Crippen LogP contribution in [0.1, 0.15) is 20.8 Å². The summed E-state index contributed by atoms with van der Waals surface area (Å²) in [6.45, 7) is 6.20. The molecule has 0 rings (SSSR count). The van der Waals surface area contributed by atoms with Gasteiger partial charge in [-0.3, -0.25) is 0 Å². The van der Waals surface area contributed by atoms with Crippen LogP contribution >= 0.6 is 0 Å². The summed E-state index contributed by atoms with van der Waals surface area (Å²) in [6.07, 6.45) is 0. The zero-order valence-corrected chi connectivity index (χ0v) is 7.02. The largest absolute Gasteiger partial charge is 0.388 e. The number of hydrogen-bond donors (Lipinski definition) is 3. The fourth-order valence-electron chi connectivity index (χ4n) is 0.496. The first-order valence-corrected chi connectivity index (χ1v) is 3.50. The van der Waals surface area contributed by atoms with Gasteiger partial charge in [-0.1, -0.05) is 13.8 Å². The molecule has 0 bridgehead atoms. The van der Waals surface area contributed by atoms with Gasteiger partial charge in [0.2, 0.25) is 0 Å². The molecule has 0 aromatic carbocycles. The molecule has 0 aliphatic carbocycles. The van der Waals surface area contributed by atoms with E-state index in [0.29, 0.717) is 6.54 Å². The van der Waals surface area contributed by atoms with Gasteiger partial charge in [0, 0.05) is 18.5 Å². The molecule has 10 heavy (non-hydrogen) atoms. The molecular weight excluding hydrogens is 128 g/mol. The molecule has 3 heteroatoms. The highest BCUT2D eigenvalue weighted by molar-refractivity contribution is 4.90. The molecule has 3 nitrogen and oxygen atoms in total. The Bertz CT molecular complexity index is 96.2. The highest BCUT2D eigenvalue weighted by Crippen LogP contribution is 2.27. The molecule has 0 aromatic heterocycles. The van der Waals surface area contributed by atoms with Crippen LogP contribution in [-0.2, 0) is 0 Å². The van der Waals surface area contributed by atoms with E-state index in [4.69, 9.17) is 11.5 Å². The zero-order valence-electron chi connectivity index (χ0n) is 7.02. The minimum absolute atomic E-state index is 0.247. The van der Waals surface area contributed by atoms with E-state index >= 15 is 0 Å². The van der Waals surface area contributed by atoms with Crippen molar-refractivity contribution in [2.24, 2.45) is 16.9 Å². The number of rotatable bonds is 3. The molecule has 0 saturated carbocycles. The summed E-state index contributed by atoms with van der Waals surface area (Å²) in [7, 11) is 0. The first-order valence-electron chi connectivity index (χ1n) is 3.50. The molecule has 1 unspecified atom stereocenters. The summed E-state index contributed by atoms with van der Waals surface area (Å²) in [5, 5.41) is 9.65. The van der Waals surface area contributed by atoms with Crippen LogP contribution in [0.4, 0.5) is 0 Å². The van der Waals surface area contributed by atoms with Crippen LogP contribution in [0.3, 0.4) is 0 Å². The van der Waals surface area contributed by atoms with Crippen LogP contribution in [0.15, 0.2) is 0 Å². The summed E-state index contributed by atoms with van der Waals surface area (Å²) < 4.78 is 0. The Morgan fingerprint density at radius 2 is 1.50 bits per heavy atom. The second-order valence-corrected chi connectivity index (χ2v) is 3.57. The monoisotopic (exact) mass is 146 g/mol. The van der Waals surface area contributed by atoms with Gasteiger partial charge in [-0.05, 0) is 6.92 Å². The Morgan fingerprint density at radius 3 is 1.60 bits per heavy atom. The molecule has 0 radical (unpaired) electrons. The van der Waals surface area contributed by atoms with Gasteiger partial charge in [0.25, 0.3) is 0 Å². The Morgan fingerprint density at radius 1 is 1.10 bits per heavy atom. The molecule has 0 heterocycles. The molecule has 0 saturated heterocycles. The Labute approximate surface area is 62.4 Å². The van der Waals surface area contributed by atoms with Crippen molar-refractivity contribution in [1.29, 1.82) is 0 Å². The van der Waals surface area contributed by atoms with Crippen LogP contribution in [0.25, 0.3) is 0 Å². The molecular formula is C7H18N2O. The van der Waals surface area contributed by atoms with Crippen LogP contribution in [0, 0.1) is 5.41 Å². The molecule has 0 aliphatic rings. The van der Waals surface area contributed by atoms with Crippen molar-refractivity contribution in [2.45, 2.75) is 26.4 Å². The van der Waals surface area contributed by atoms with Crippen molar-refractivity contribution in [3.8, 4) is 0 Å². The lowest BCUT2D eigenvalue weighted by Crippen LogP contribution is -2.51. The molecule has 62 valence electrons. The molecule has 0 fully saturated rings. The van der Waals surface area contributed by atoms with E-state index in [0.717, 1.165) is 0 Å². The van der Waals surface area contributed by atoms with Crippen molar-refractivity contribution >= 4 is 0 Å².